The van der Waals surface area contributed by atoms with E-state index in [1.165, 1.54) is 0 Å². The first-order chi connectivity index (χ1) is 9.55. The standard InChI is InChI=1S/C15H20N2O2S/c1-13-5-2-3-12-17(13)20(18,19)15-9-7-14(8-10-15)6-4-11-16/h7-10,13H,2-3,5,11-12,16H2,1H3. The SMILES string of the molecule is CC1CCCCN1S(=O)(=O)c1ccc(C#CCN)cc1. The predicted octanol–water partition coefficient (Wildman–Crippen LogP) is 1.56. The number of nitrogens with zero attached hydrogens (tertiary/aromatic N) is 1. The van der Waals surface area contributed by atoms with Gasteiger partial charge < -0.3 is 5.73 Å². The predicted molar refractivity (Wildman–Crippen MR) is 79.6 cm³/mol. The molecule has 1 aromatic carbocycles. The van der Waals surface area contributed by atoms with Crippen LogP contribution in [0, 0.1) is 11.8 Å². The van der Waals surface area contributed by atoms with E-state index in [0.717, 1.165) is 24.8 Å². The first-order valence-electron chi connectivity index (χ1n) is 6.86. The minimum absolute atomic E-state index is 0.0745. The maximum absolute atomic E-state index is 12.6. The number of rotatable bonds is 2. The lowest BCUT2D eigenvalue weighted by atomic mass is 10.1. The third-order valence-corrected chi connectivity index (χ3v) is 5.57. The Balaban J connectivity index is 2.25. The number of piperidine rings is 1. The summed E-state index contributed by atoms with van der Waals surface area (Å²) in [5, 5.41) is 0. The van der Waals surface area contributed by atoms with Gasteiger partial charge in [0, 0.05) is 18.2 Å². The van der Waals surface area contributed by atoms with E-state index < -0.39 is 10.0 Å². The highest BCUT2D eigenvalue weighted by atomic mass is 32.2. The van der Waals surface area contributed by atoms with Crippen molar-refractivity contribution in [2.24, 2.45) is 5.73 Å². The molecular formula is C15H20N2O2S. The van der Waals surface area contributed by atoms with Crippen molar-refractivity contribution in [3.05, 3.63) is 29.8 Å². The maximum Gasteiger partial charge on any atom is 0.243 e. The Bertz CT molecular complexity index is 612. The van der Waals surface area contributed by atoms with Crippen LogP contribution in [0.15, 0.2) is 29.2 Å². The average molecular weight is 292 g/mol. The molecule has 0 aliphatic carbocycles. The highest BCUT2D eigenvalue weighted by Crippen LogP contribution is 2.25. The first-order valence-corrected chi connectivity index (χ1v) is 8.30. The minimum atomic E-state index is -3.39. The summed E-state index contributed by atoms with van der Waals surface area (Å²) in [6, 6.07) is 6.77. The molecule has 2 N–H and O–H groups in total. The Labute approximate surface area is 121 Å². The summed E-state index contributed by atoms with van der Waals surface area (Å²) >= 11 is 0. The Morgan fingerprint density at radius 1 is 1.30 bits per heavy atom. The summed E-state index contributed by atoms with van der Waals surface area (Å²) in [6.07, 6.45) is 2.96. The second kappa shape index (κ2) is 6.40. The number of hydrogen-bond acceptors (Lipinski definition) is 3. The van der Waals surface area contributed by atoms with Crippen molar-refractivity contribution in [3.63, 3.8) is 0 Å². The van der Waals surface area contributed by atoms with Crippen molar-refractivity contribution in [3.8, 4) is 11.8 Å². The topological polar surface area (TPSA) is 63.4 Å². The molecule has 1 fully saturated rings. The van der Waals surface area contributed by atoms with Crippen molar-refractivity contribution >= 4 is 10.0 Å². The Kier molecular flexibility index (Phi) is 4.81. The molecule has 0 aromatic heterocycles. The molecule has 1 atom stereocenters. The summed E-state index contributed by atoms with van der Waals surface area (Å²) in [6.45, 7) is 2.88. The van der Waals surface area contributed by atoms with Crippen molar-refractivity contribution in [2.75, 3.05) is 13.1 Å². The molecule has 4 nitrogen and oxygen atoms in total. The number of benzene rings is 1. The smallest absolute Gasteiger partial charge is 0.243 e. The van der Waals surface area contributed by atoms with Gasteiger partial charge in [0.25, 0.3) is 0 Å². The lowest BCUT2D eigenvalue weighted by Gasteiger charge is -2.32. The van der Waals surface area contributed by atoms with Gasteiger partial charge in [-0.05, 0) is 44.0 Å². The van der Waals surface area contributed by atoms with Crippen molar-refractivity contribution in [1.82, 2.24) is 4.31 Å². The van der Waals surface area contributed by atoms with Gasteiger partial charge in [0.05, 0.1) is 11.4 Å². The van der Waals surface area contributed by atoms with Gasteiger partial charge in [-0.3, -0.25) is 0 Å². The summed E-state index contributed by atoms with van der Waals surface area (Å²) < 4.78 is 26.8. The summed E-state index contributed by atoms with van der Waals surface area (Å²) in [4.78, 5) is 0.338. The van der Waals surface area contributed by atoms with Crippen molar-refractivity contribution < 1.29 is 8.42 Å². The summed E-state index contributed by atoms with van der Waals surface area (Å²) in [5.41, 5.74) is 6.09. The Morgan fingerprint density at radius 2 is 2.00 bits per heavy atom. The monoisotopic (exact) mass is 292 g/mol. The van der Waals surface area contributed by atoms with Crippen LogP contribution in [0.2, 0.25) is 0 Å². The van der Waals surface area contributed by atoms with E-state index in [-0.39, 0.29) is 6.04 Å². The zero-order valence-electron chi connectivity index (χ0n) is 11.7. The van der Waals surface area contributed by atoms with Crippen LogP contribution in [0.25, 0.3) is 0 Å². The van der Waals surface area contributed by atoms with E-state index in [0.29, 0.717) is 18.0 Å². The largest absolute Gasteiger partial charge is 0.320 e. The highest BCUT2D eigenvalue weighted by molar-refractivity contribution is 7.89. The molecule has 20 heavy (non-hydrogen) atoms. The first kappa shape index (κ1) is 15.0. The molecule has 1 aliphatic heterocycles. The van der Waals surface area contributed by atoms with Crippen LogP contribution in [-0.4, -0.2) is 31.9 Å². The second-order valence-electron chi connectivity index (χ2n) is 4.99. The molecule has 108 valence electrons. The third-order valence-electron chi connectivity index (χ3n) is 3.54. The van der Waals surface area contributed by atoms with Crippen LogP contribution in [0.4, 0.5) is 0 Å². The number of nitrogens with two attached hydrogens (primary N) is 1. The van der Waals surface area contributed by atoms with Crippen LogP contribution in [0.1, 0.15) is 31.7 Å². The molecule has 1 heterocycles. The molecule has 1 saturated heterocycles. The fraction of sp³-hybridized carbons (Fsp3) is 0.467. The molecule has 0 bridgehead atoms. The van der Waals surface area contributed by atoms with E-state index in [4.69, 9.17) is 5.73 Å². The fourth-order valence-electron chi connectivity index (χ4n) is 2.43. The molecule has 0 amide bonds. The van der Waals surface area contributed by atoms with Gasteiger partial charge >= 0.3 is 0 Å². The van der Waals surface area contributed by atoms with Crippen LogP contribution >= 0.6 is 0 Å². The van der Waals surface area contributed by atoms with Gasteiger partial charge in [0.2, 0.25) is 10.0 Å². The van der Waals surface area contributed by atoms with E-state index >= 15 is 0 Å². The highest BCUT2D eigenvalue weighted by Gasteiger charge is 2.30. The zero-order valence-corrected chi connectivity index (χ0v) is 12.5. The summed E-state index contributed by atoms with van der Waals surface area (Å²) in [5.74, 6) is 5.64. The molecule has 1 unspecified atom stereocenters. The average Bonchev–Trinajstić information content (AvgIpc) is 2.46. The van der Waals surface area contributed by atoms with Gasteiger partial charge in [0.15, 0.2) is 0 Å². The van der Waals surface area contributed by atoms with Gasteiger partial charge in [-0.2, -0.15) is 4.31 Å². The lowest BCUT2D eigenvalue weighted by molar-refractivity contribution is 0.268. The number of sulfonamides is 1. The zero-order chi connectivity index (χ0) is 14.6. The van der Waals surface area contributed by atoms with E-state index in [9.17, 15) is 8.42 Å². The van der Waals surface area contributed by atoms with Gasteiger partial charge in [-0.25, -0.2) is 8.42 Å². The third kappa shape index (κ3) is 3.21. The van der Waals surface area contributed by atoms with E-state index in [2.05, 4.69) is 11.8 Å². The Hall–Kier alpha value is -1.35. The quantitative estimate of drug-likeness (QED) is 0.841. The van der Waals surface area contributed by atoms with E-state index in [1.54, 1.807) is 28.6 Å². The van der Waals surface area contributed by atoms with Crippen LogP contribution < -0.4 is 5.73 Å². The Morgan fingerprint density at radius 3 is 2.60 bits per heavy atom. The molecule has 5 heteroatoms. The number of hydrogen-bond donors (Lipinski definition) is 1. The molecule has 0 saturated carbocycles. The fourth-order valence-corrected chi connectivity index (χ4v) is 4.13. The second-order valence-corrected chi connectivity index (χ2v) is 6.88. The molecule has 0 radical (unpaired) electrons. The normalized spacial score (nSPS) is 20.2. The summed E-state index contributed by atoms with van der Waals surface area (Å²) in [7, 11) is -3.39. The van der Waals surface area contributed by atoms with Crippen LogP contribution in [-0.2, 0) is 10.0 Å². The minimum Gasteiger partial charge on any atom is -0.320 e. The molecule has 1 aliphatic rings. The maximum atomic E-state index is 12.6. The van der Waals surface area contributed by atoms with Crippen molar-refractivity contribution in [1.29, 1.82) is 0 Å². The van der Waals surface area contributed by atoms with Crippen LogP contribution in [0.5, 0.6) is 0 Å². The molecular weight excluding hydrogens is 272 g/mol. The van der Waals surface area contributed by atoms with Gasteiger partial charge in [0.1, 0.15) is 0 Å². The molecule has 0 spiro atoms. The van der Waals surface area contributed by atoms with E-state index in [1.807, 2.05) is 6.92 Å². The lowest BCUT2D eigenvalue weighted by Crippen LogP contribution is -2.41. The molecule has 1 aromatic rings. The van der Waals surface area contributed by atoms with Crippen LogP contribution in [0.3, 0.4) is 0 Å². The van der Waals surface area contributed by atoms with Gasteiger partial charge in [-0.1, -0.05) is 18.3 Å². The van der Waals surface area contributed by atoms with Gasteiger partial charge in [-0.15, -0.1) is 0 Å². The van der Waals surface area contributed by atoms with Crippen molar-refractivity contribution in [2.45, 2.75) is 37.1 Å². The molecule has 2 rings (SSSR count).